The van der Waals surface area contributed by atoms with Crippen LogP contribution in [0.5, 0.6) is 0 Å². The van der Waals surface area contributed by atoms with Crippen LogP contribution in [0.3, 0.4) is 0 Å². The average Bonchev–Trinajstić information content (AvgIpc) is 2.58. The molecule has 0 fully saturated rings. The molecule has 0 aliphatic rings. The number of rotatable bonds is 3. The van der Waals surface area contributed by atoms with Crippen molar-refractivity contribution in [2.45, 2.75) is 19.9 Å². The van der Waals surface area contributed by atoms with Crippen LogP contribution < -0.4 is 0 Å². The highest BCUT2D eigenvalue weighted by Crippen LogP contribution is 2.16. The minimum Gasteiger partial charge on any atom is -0.324 e. The third-order valence-corrected chi connectivity index (χ3v) is 2.36. The van der Waals surface area contributed by atoms with Gasteiger partial charge in [-0.25, -0.2) is 4.98 Å². The number of fused-ring (bicyclic) bond motifs is 1. The average molecular weight is 267 g/mol. The van der Waals surface area contributed by atoms with Crippen LogP contribution in [0.1, 0.15) is 12.7 Å². The number of hydrogen-bond acceptors (Lipinski definition) is 1. The molecule has 0 spiro atoms. The predicted molar refractivity (Wildman–Crippen MR) is 69.6 cm³/mol. The quantitative estimate of drug-likeness (QED) is 0.780. The molecule has 1 heterocycles. The van der Waals surface area contributed by atoms with Crippen LogP contribution in [0.15, 0.2) is 36.9 Å². The van der Waals surface area contributed by atoms with E-state index in [4.69, 9.17) is 0 Å². The zero-order valence-electron chi connectivity index (χ0n) is 8.81. The van der Waals surface area contributed by atoms with E-state index in [1.165, 1.54) is 5.52 Å². The molecule has 0 saturated carbocycles. The smallest absolute Gasteiger partial charge is 0.109 e. The van der Waals surface area contributed by atoms with Crippen molar-refractivity contribution in [2.24, 2.45) is 0 Å². The van der Waals surface area contributed by atoms with Gasteiger partial charge in [0.1, 0.15) is 5.82 Å². The van der Waals surface area contributed by atoms with Gasteiger partial charge in [-0.1, -0.05) is 25.1 Å². The molecule has 0 bridgehead atoms. The first kappa shape index (κ1) is 12.0. The number of benzene rings is 1. The van der Waals surface area contributed by atoms with Crippen molar-refractivity contribution in [3.8, 4) is 0 Å². The molecule has 0 unspecified atom stereocenters. The summed E-state index contributed by atoms with van der Waals surface area (Å²) >= 11 is 0. The van der Waals surface area contributed by atoms with E-state index in [-0.39, 0.29) is 17.0 Å². The summed E-state index contributed by atoms with van der Waals surface area (Å²) in [5.41, 5.74) is 2.27. The largest absolute Gasteiger partial charge is 0.324 e. The van der Waals surface area contributed by atoms with E-state index < -0.39 is 0 Å². The van der Waals surface area contributed by atoms with Gasteiger partial charge in [0.05, 0.1) is 11.0 Å². The van der Waals surface area contributed by atoms with Gasteiger partial charge >= 0.3 is 0 Å². The molecule has 1 aromatic heterocycles. The molecule has 0 atom stereocenters. The van der Waals surface area contributed by atoms with Crippen molar-refractivity contribution in [1.29, 1.82) is 0 Å². The van der Waals surface area contributed by atoms with Crippen molar-refractivity contribution in [1.82, 2.24) is 9.55 Å². The molecule has 80 valence electrons. The minimum atomic E-state index is 0. The van der Waals surface area contributed by atoms with Crippen molar-refractivity contribution >= 4 is 28.0 Å². The highest BCUT2D eigenvalue weighted by atomic mass is 79.9. The van der Waals surface area contributed by atoms with Crippen LogP contribution in [0.4, 0.5) is 0 Å². The monoisotopic (exact) mass is 266 g/mol. The van der Waals surface area contributed by atoms with Gasteiger partial charge in [0.25, 0.3) is 0 Å². The fraction of sp³-hybridized carbons (Fsp3) is 0.250. The van der Waals surface area contributed by atoms with Gasteiger partial charge in [0.15, 0.2) is 0 Å². The molecule has 2 rings (SSSR count). The third-order valence-electron chi connectivity index (χ3n) is 2.36. The van der Waals surface area contributed by atoms with Crippen molar-refractivity contribution in [3.63, 3.8) is 0 Å². The number of halogens is 1. The molecule has 1 aromatic carbocycles. The van der Waals surface area contributed by atoms with Crippen LogP contribution in [0.2, 0.25) is 0 Å². The zero-order chi connectivity index (χ0) is 9.97. The van der Waals surface area contributed by atoms with Crippen molar-refractivity contribution < 1.29 is 0 Å². The first-order valence-corrected chi connectivity index (χ1v) is 4.92. The number of nitrogens with zero attached hydrogens (tertiary/aromatic N) is 2. The highest BCUT2D eigenvalue weighted by Gasteiger charge is 2.06. The summed E-state index contributed by atoms with van der Waals surface area (Å²) in [4.78, 5) is 4.56. The molecule has 15 heavy (non-hydrogen) atoms. The first-order valence-electron chi connectivity index (χ1n) is 4.92. The molecule has 0 aliphatic carbocycles. The lowest BCUT2D eigenvalue weighted by molar-refractivity contribution is 0.770. The number of imidazole rings is 1. The van der Waals surface area contributed by atoms with E-state index >= 15 is 0 Å². The Morgan fingerprint density at radius 2 is 2.13 bits per heavy atom. The summed E-state index contributed by atoms with van der Waals surface area (Å²) in [6.07, 6.45) is 2.87. The van der Waals surface area contributed by atoms with Crippen LogP contribution >= 0.6 is 17.0 Å². The van der Waals surface area contributed by atoms with E-state index in [9.17, 15) is 0 Å². The lowest BCUT2D eigenvalue weighted by Crippen LogP contribution is -2.00. The molecule has 0 N–H and O–H groups in total. The lowest BCUT2D eigenvalue weighted by atomic mass is 10.3. The minimum absolute atomic E-state index is 0. The van der Waals surface area contributed by atoms with Crippen LogP contribution in [-0.2, 0) is 13.0 Å². The van der Waals surface area contributed by atoms with Gasteiger partial charge in [-0.05, 0) is 12.1 Å². The molecule has 0 aliphatic heterocycles. The van der Waals surface area contributed by atoms with Gasteiger partial charge in [-0.3, -0.25) is 0 Å². The summed E-state index contributed by atoms with van der Waals surface area (Å²) < 4.78 is 2.21. The SMILES string of the molecule is Br.C=CCn1c(CC)nc2ccccc21. The summed E-state index contributed by atoms with van der Waals surface area (Å²) in [6.45, 7) is 6.73. The van der Waals surface area contributed by atoms with E-state index in [1.54, 1.807) is 0 Å². The third kappa shape index (κ3) is 2.12. The van der Waals surface area contributed by atoms with E-state index in [0.29, 0.717) is 0 Å². The number of allylic oxidation sites excluding steroid dienone is 1. The van der Waals surface area contributed by atoms with Crippen LogP contribution in [0.25, 0.3) is 11.0 Å². The Morgan fingerprint density at radius 3 is 2.80 bits per heavy atom. The van der Waals surface area contributed by atoms with Crippen molar-refractivity contribution in [2.75, 3.05) is 0 Å². The van der Waals surface area contributed by atoms with Gasteiger partial charge in [-0.2, -0.15) is 0 Å². The Bertz CT molecular complexity index is 460. The second-order valence-electron chi connectivity index (χ2n) is 3.27. The Labute approximate surface area is 100 Å². The summed E-state index contributed by atoms with van der Waals surface area (Å²) in [6, 6.07) is 8.22. The van der Waals surface area contributed by atoms with Crippen LogP contribution in [-0.4, -0.2) is 9.55 Å². The van der Waals surface area contributed by atoms with Gasteiger partial charge < -0.3 is 4.57 Å². The molecule has 2 aromatic rings. The molecule has 0 radical (unpaired) electrons. The number of aromatic nitrogens is 2. The van der Waals surface area contributed by atoms with Gasteiger partial charge in [0, 0.05) is 13.0 Å². The standard InChI is InChI=1S/C12H14N2.BrH/c1-3-9-14-11-8-6-5-7-10(11)13-12(14)4-2;/h3,5-8H,1,4,9H2,2H3;1H. The zero-order valence-corrected chi connectivity index (χ0v) is 10.5. The molecular weight excluding hydrogens is 252 g/mol. The van der Waals surface area contributed by atoms with E-state index in [0.717, 1.165) is 24.3 Å². The maximum absolute atomic E-state index is 4.56. The van der Waals surface area contributed by atoms with Crippen molar-refractivity contribution in [3.05, 3.63) is 42.7 Å². The lowest BCUT2D eigenvalue weighted by Gasteiger charge is -2.03. The Kier molecular flexibility index (Phi) is 4.09. The highest BCUT2D eigenvalue weighted by molar-refractivity contribution is 8.93. The first-order chi connectivity index (χ1) is 6.86. The molecule has 0 amide bonds. The maximum atomic E-state index is 4.56. The predicted octanol–water partition coefficient (Wildman–Crippen LogP) is 3.36. The summed E-state index contributed by atoms with van der Waals surface area (Å²) in [5, 5.41) is 0. The normalized spacial score (nSPS) is 9.93. The molecule has 2 nitrogen and oxygen atoms in total. The fourth-order valence-electron chi connectivity index (χ4n) is 1.73. The number of para-hydroxylation sites is 2. The molecule has 0 saturated heterocycles. The topological polar surface area (TPSA) is 17.8 Å². The second-order valence-corrected chi connectivity index (χ2v) is 3.27. The Morgan fingerprint density at radius 1 is 1.40 bits per heavy atom. The number of aryl methyl sites for hydroxylation is 1. The number of hydrogen-bond donors (Lipinski definition) is 0. The fourth-order valence-corrected chi connectivity index (χ4v) is 1.73. The van der Waals surface area contributed by atoms with Gasteiger partial charge in [0.2, 0.25) is 0 Å². The summed E-state index contributed by atoms with van der Waals surface area (Å²) in [5.74, 6) is 1.13. The second kappa shape index (κ2) is 5.12. The molecular formula is C12H15BrN2. The van der Waals surface area contributed by atoms with E-state index in [1.807, 2.05) is 24.3 Å². The summed E-state index contributed by atoms with van der Waals surface area (Å²) in [7, 11) is 0. The van der Waals surface area contributed by atoms with Gasteiger partial charge in [-0.15, -0.1) is 23.6 Å². The van der Waals surface area contributed by atoms with Crippen LogP contribution in [0, 0.1) is 0 Å². The molecule has 3 heteroatoms. The Hall–Kier alpha value is -1.09. The maximum Gasteiger partial charge on any atom is 0.109 e. The Balaban J connectivity index is 0.00000112. The van der Waals surface area contributed by atoms with E-state index in [2.05, 4.69) is 29.1 Å².